The van der Waals surface area contributed by atoms with Gasteiger partial charge in [-0.25, -0.2) is 0 Å². The van der Waals surface area contributed by atoms with Crippen LogP contribution in [0.15, 0.2) is 35.2 Å². The molecular weight excluding hydrogens is 268 g/mol. The highest BCUT2D eigenvalue weighted by Crippen LogP contribution is 2.40. The van der Waals surface area contributed by atoms with Gasteiger partial charge in [0, 0.05) is 16.1 Å². The van der Waals surface area contributed by atoms with E-state index >= 15 is 0 Å². The maximum absolute atomic E-state index is 6.27. The number of thioether (sulfide) groups is 1. The third kappa shape index (κ3) is 3.57. The van der Waals surface area contributed by atoms with E-state index in [2.05, 4.69) is 58.0 Å². The molecule has 1 saturated heterocycles. The topological polar surface area (TPSA) is 18.5 Å². The summed E-state index contributed by atoms with van der Waals surface area (Å²) in [6.07, 6.45) is 2.02. The zero-order valence-corrected chi connectivity index (χ0v) is 13.8. The first-order chi connectivity index (χ1) is 9.51. The Kier molecular flexibility index (Phi) is 5.16. The molecule has 1 heterocycles. The van der Waals surface area contributed by atoms with Gasteiger partial charge in [0.05, 0.1) is 12.7 Å². The summed E-state index contributed by atoms with van der Waals surface area (Å²) in [5, 5.41) is 0. The molecule has 3 heteroatoms. The summed E-state index contributed by atoms with van der Waals surface area (Å²) < 4.78 is 12.2. The predicted octanol–water partition coefficient (Wildman–Crippen LogP) is 4.74. The van der Waals surface area contributed by atoms with E-state index in [9.17, 15) is 0 Å². The molecule has 0 N–H and O–H groups in total. The molecule has 0 unspecified atom stereocenters. The van der Waals surface area contributed by atoms with Gasteiger partial charge in [-0.15, -0.1) is 11.8 Å². The van der Waals surface area contributed by atoms with Gasteiger partial charge in [0.15, 0.2) is 5.79 Å². The summed E-state index contributed by atoms with van der Waals surface area (Å²) in [6.45, 7) is 9.54. The van der Waals surface area contributed by atoms with Crippen LogP contribution in [0.1, 0.15) is 40.5 Å². The van der Waals surface area contributed by atoms with Crippen LogP contribution in [0.4, 0.5) is 0 Å². The van der Waals surface area contributed by atoms with Crippen LogP contribution in [0.2, 0.25) is 0 Å². The molecule has 2 nitrogen and oxygen atoms in total. The predicted molar refractivity (Wildman–Crippen MR) is 85.1 cm³/mol. The average molecular weight is 294 g/mol. The first-order valence-electron chi connectivity index (χ1n) is 7.51. The quantitative estimate of drug-likeness (QED) is 0.706. The maximum atomic E-state index is 6.27. The average Bonchev–Trinajstić information content (AvgIpc) is 2.92. The number of hydrogen-bond donors (Lipinski definition) is 0. The van der Waals surface area contributed by atoms with Crippen LogP contribution in [0, 0.1) is 5.41 Å². The molecule has 1 aromatic rings. The molecule has 2 rings (SSSR count). The number of hydrogen-bond acceptors (Lipinski definition) is 3. The number of rotatable bonds is 6. The lowest BCUT2D eigenvalue weighted by atomic mass is 9.89. The highest BCUT2D eigenvalue weighted by molar-refractivity contribution is 7.99. The van der Waals surface area contributed by atoms with Crippen molar-refractivity contribution in [1.82, 2.24) is 0 Å². The van der Waals surface area contributed by atoms with E-state index in [-0.39, 0.29) is 17.3 Å². The summed E-state index contributed by atoms with van der Waals surface area (Å²) in [5.41, 5.74) is 0.104. The molecule has 0 radical (unpaired) electrons. The minimum absolute atomic E-state index is 0.104. The number of ether oxygens (including phenoxy) is 2. The SMILES string of the molecule is CCC1(CC)OC[C@@H](C(C)(C)CSc2ccccc2)O1. The molecule has 0 saturated carbocycles. The lowest BCUT2D eigenvalue weighted by Crippen LogP contribution is -2.36. The molecule has 0 aliphatic carbocycles. The minimum Gasteiger partial charge on any atom is -0.347 e. The highest BCUT2D eigenvalue weighted by atomic mass is 32.2. The molecule has 0 spiro atoms. The van der Waals surface area contributed by atoms with E-state index in [1.54, 1.807) is 0 Å². The molecule has 1 aliphatic heterocycles. The van der Waals surface area contributed by atoms with Gasteiger partial charge in [-0.05, 0) is 25.0 Å². The normalized spacial score (nSPS) is 22.1. The number of benzene rings is 1. The van der Waals surface area contributed by atoms with Crippen molar-refractivity contribution in [2.24, 2.45) is 5.41 Å². The highest BCUT2D eigenvalue weighted by Gasteiger charge is 2.44. The van der Waals surface area contributed by atoms with Crippen LogP contribution in [0.3, 0.4) is 0 Å². The standard InChI is InChI=1S/C17H26O2S/c1-5-17(6-2)18-12-15(19-17)16(3,4)13-20-14-10-8-7-9-11-14/h7-11,15H,5-6,12-13H2,1-4H3/t15-/m0/s1. The van der Waals surface area contributed by atoms with E-state index < -0.39 is 0 Å². The van der Waals surface area contributed by atoms with Crippen molar-refractivity contribution in [2.45, 2.75) is 57.3 Å². The Morgan fingerprint density at radius 1 is 1.20 bits per heavy atom. The van der Waals surface area contributed by atoms with Gasteiger partial charge in [0.2, 0.25) is 0 Å². The molecule has 0 amide bonds. The molecule has 0 aromatic heterocycles. The van der Waals surface area contributed by atoms with Gasteiger partial charge >= 0.3 is 0 Å². The summed E-state index contributed by atoms with van der Waals surface area (Å²) >= 11 is 1.89. The molecule has 1 fully saturated rings. The van der Waals surface area contributed by atoms with E-state index in [0.29, 0.717) is 6.61 Å². The van der Waals surface area contributed by atoms with Crippen molar-refractivity contribution in [3.8, 4) is 0 Å². The van der Waals surface area contributed by atoms with Crippen molar-refractivity contribution in [1.29, 1.82) is 0 Å². The third-order valence-electron chi connectivity index (χ3n) is 4.16. The second-order valence-electron chi connectivity index (χ2n) is 6.13. The Labute approximate surface area is 127 Å². The summed E-state index contributed by atoms with van der Waals surface area (Å²) in [4.78, 5) is 1.32. The van der Waals surface area contributed by atoms with E-state index in [0.717, 1.165) is 18.6 Å². The Bertz CT molecular complexity index is 412. The van der Waals surface area contributed by atoms with Gasteiger partial charge in [-0.2, -0.15) is 0 Å². The molecule has 1 atom stereocenters. The van der Waals surface area contributed by atoms with Crippen LogP contribution in [-0.2, 0) is 9.47 Å². The zero-order chi connectivity index (χ0) is 14.6. The molecular formula is C17H26O2S. The fourth-order valence-electron chi connectivity index (χ4n) is 2.44. The van der Waals surface area contributed by atoms with Gasteiger partial charge in [-0.3, -0.25) is 0 Å². The van der Waals surface area contributed by atoms with Crippen LogP contribution in [-0.4, -0.2) is 24.3 Å². The van der Waals surface area contributed by atoms with Crippen molar-refractivity contribution in [3.63, 3.8) is 0 Å². The first kappa shape index (κ1) is 15.9. The maximum Gasteiger partial charge on any atom is 0.168 e. The fraction of sp³-hybridized carbons (Fsp3) is 0.647. The van der Waals surface area contributed by atoms with Crippen molar-refractivity contribution in [2.75, 3.05) is 12.4 Å². The third-order valence-corrected chi connectivity index (χ3v) is 5.65. The zero-order valence-electron chi connectivity index (χ0n) is 13.0. The second kappa shape index (κ2) is 6.50. The van der Waals surface area contributed by atoms with Gasteiger partial charge in [0.25, 0.3) is 0 Å². The largest absolute Gasteiger partial charge is 0.347 e. The molecule has 112 valence electrons. The van der Waals surface area contributed by atoms with Crippen molar-refractivity contribution < 1.29 is 9.47 Å². The molecule has 0 bridgehead atoms. The molecule has 20 heavy (non-hydrogen) atoms. The summed E-state index contributed by atoms with van der Waals surface area (Å²) in [7, 11) is 0. The van der Waals surface area contributed by atoms with Gasteiger partial charge < -0.3 is 9.47 Å². The van der Waals surface area contributed by atoms with Crippen LogP contribution in [0.5, 0.6) is 0 Å². The monoisotopic (exact) mass is 294 g/mol. The lowest BCUT2D eigenvalue weighted by Gasteiger charge is -2.32. The first-order valence-corrected chi connectivity index (χ1v) is 8.49. The smallest absolute Gasteiger partial charge is 0.168 e. The van der Waals surface area contributed by atoms with Gasteiger partial charge in [-0.1, -0.05) is 45.9 Å². The van der Waals surface area contributed by atoms with Gasteiger partial charge in [0.1, 0.15) is 0 Å². The van der Waals surface area contributed by atoms with E-state index in [4.69, 9.17) is 9.47 Å². The van der Waals surface area contributed by atoms with Crippen LogP contribution in [0.25, 0.3) is 0 Å². The summed E-state index contributed by atoms with van der Waals surface area (Å²) in [6, 6.07) is 10.6. The van der Waals surface area contributed by atoms with Crippen molar-refractivity contribution in [3.05, 3.63) is 30.3 Å². The second-order valence-corrected chi connectivity index (χ2v) is 7.17. The van der Waals surface area contributed by atoms with E-state index in [1.165, 1.54) is 4.90 Å². The molecule has 1 aromatic carbocycles. The Morgan fingerprint density at radius 3 is 2.40 bits per heavy atom. The Balaban J connectivity index is 1.94. The lowest BCUT2D eigenvalue weighted by molar-refractivity contribution is -0.180. The Hall–Kier alpha value is -0.510. The molecule has 1 aliphatic rings. The van der Waals surface area contributed by atoms with E-state index in [1.807, 2.05) is 11.8 Å². The fourth-order valence-corrected chi connectivity index (χ4v) is 3.51. The van der Waals surface area contributed by atoms with Crippen LogP contribution >= 0.6 is 11.8 Å². The Morgan fingerprint density at radius 2 is 1.85 bits per heavy atom. The van der Waals surface area contributed by atoms with Crippen LogP contribution < -0.4 is 0 Å². The minimum atomic E-state index is -0.348. The summed E-state index contributed by atoms with van der Waals surface area (Å²) in [5.74, 6) is 0.688. The van der Waals surface area contributed by atoms with Crippen molar-refractivity contribution >= 4 is 11.8 Å².